The molecule has 0 bridgehead atoms. The number of rotatable bonds is 4. The lowest BCUT2D eigenvalue weighted by Gasteiger charge is -2.03. The molecule has 0 aliphatic rings. The van der Waals surface area contributed by atoms with Crippen LogP contribution in [0, 0.1) is 0 Å². The number of nitrogens with two attached hydrogens (primary N) is 1. The van der Waals surface area contributed by atoms with E-state index < -0.39 is 21.0 Å². The van der Waals surface area contributed by atoms with Crippen molar-refractivity contribution in [2.45, 2.75) is 5.03 Å². The first-order chi connectivity index (χ1) is 7.38. The van der Waals surface area contributed by atoms with E-state index in [1.807, 2.05) is 0 Å². The summed E-state index contributed by atoms with van der Waals surface area (Å²) < 4.78 is 27.9. The van der Waals surface area contributed by atoms with Gasteiger partial charge in [-0.3, -0.25) is 4.68 Å². The molecule has 3 N–H and O–H groups in total. The van der Waals surface area contributed by atoms with Gasteiger partial charge in [0, 0.05) is 7.05 Å². The number of aryl methyl sites for hydroxylation is 1. The smallest absolute Gasteiger partial charge is 0.342 e. The van der Waals surface area contributed by atoms with Crippen molar-refractivity contribution in [3.63, 3.8) is 0 Å². The number of primary sulfonamides is 1. The zero-order valence-corrected chi connectivity index (χ0v) is 9.27. The van der Waals surface area contributed by atoms with E-state index in [0.29, 0.717) is 0 Å². The number of carbonyl (C=O) groups excluding carboxylic acids is 1. The molecule has 1 heterocycles. The minimum atomic E-state index is -4.05. The molecule has 0 amide bonds. The highest BCUT2D eigenvalue weighted by molar-refractivity contribution is 7.89. The number of nitrogens with zero attached hydrogens (tertiary/aromatic N) is 2. The van der Waals surface area contributed by atoms with Gasteiger partial charge in [0.2, 0.25) is 0 Å². The number of esters is 1. The third-order valence-electron chi connectivity index (χ3n) is 1.70. The predicted molar refractivity (Wildman–Crippen MR) is 51.9 cm³/mol. The molecule has 0 spiro atoms. The largest absolute Gasteiger partial charge is 0.460 e. The molecule has 9 heteroatoms. The summed E-state index contributed by atoms with van der Waals surface area (Å²) in [6.45, 7) is -0.575. The number of ether oxygens (including phenoxy) is 1. The van der Waals surface area contributed by atoms with Gasteiger partial charge in [0.05, 0.1) is 12.8 Å². The summed E-state index contributed by atoms with van der Waals surface area (Å²) in [7, 11) is -2.72. The van der Waals surface area contributed by atoms with E-state index in [-0.39, 0.29) is 18.8 Å². The van der Waals surface area contributed by atoms with Gasteiger partial charge in [-0.1, -0.05) is 0 Å². The Morgan fingerprint density at radius 2 is 2.31 bits per heavy atom. The maximum atomic E-state index is 11.4. The number of aliphatic hydroxyl groups excluding tert-OH is 1. The zero-order chi connectivity index (χ0) is 12.3. The Bertz CT molecular complexity index is 492. The van der Waals surface area contributed by atoms with Crippen LogP contribution >= 0.6 is 0 Å². The lowest BCUT2D eigenvalue weighted by atomic mass is 10.4. The normalized spacial score (nSPS) is 11.4. The summed E-state index contributed by atoms with van der Waals surface area (Å²) in [6.07, 6.45) is 1.04. The number of aromatic nitrogens is 2. The molecular weight excluding hydrogens is 238 g/mol. The third kappa shape index (κ3) is 2.56. The molecule has 0 aromatic carbocycles. The van der Waals surface area contributed by atoms with Crippen molar-refractivity contribution in [2.75, 3.05) is 13.2 Å². The van der Waals surface area contributed by atoms with Crippen molar-refractivity contribution in [3.8, 4) is 0 Å². The summed E-state index contributed by atoms with van der Waals surface area (Å²) in [4.78, 5) is 11.4. The van der Waals surface area contributed by atoms with Crippen molar-refractivity contribution < 1.29 is 23.1 Å². The minimum Gasteiger partial charge on any atom is -0.460 e. The molecule has 1 rings (SSSR count). The van der Waals surface area contributed by atoms with E-state index in [1.165, 1.54) is 7.05 Å². The Labute approximate surface area is 91.7 Å². The highest BCUT2D eigenvalue weighted by Crippen LogP contribution is 2.13. The standard InChI is InChI=1S/C7H11N3O5S/c1-10-6(16(8,13)14)5(4-9-10)7(12)15-3-2-11/h4,11H,2-3H2,1H3,(H2,8,13,14). The van der Waals surface area contributed by atoms with Gasteiger partial charge < -0.3 is 9.84 Å². The fourth-order valence-electron chi connectivity index (χ4n) is 1.12. The number of hydrogen-bond acceptors (Lipinski definition) is 6. The van der Waals surface area contributed by atoms with E-state index in [0.717, 1.165) is 10.9 Å². The van der Waals surface area contributed by atoms with Crippen molar-refractivity contribution >= 4 is 16.0 Å². The molecule has 90 valence electrons. The van der Waals surface area contributed by atoms with Crippen LogP contribution in [0.2, 0.25) is 0 Å². The fraction of sp³-hybridized carbons (Fsp3) is 0.429. The molecule has 0 saturated heterocycles. The maximum absolute atomic E-state index is 11.4. The Balaban J connectivity index is 3.11. The Morgan fingerprint density at radius 1 is 1.69 bits per heavy atom. The van der Waals surface area contributed by atoms with Crippen LogP contribution in [0.4, 0.5) is 0 Å². The van der Waals surface area contributed by atoms with E-state index in [1.54, 1.807) is 0 Å². The first-order valence-corrected chi connectivity index (χ1v) is 5.75. The van der Waals surface area contributed by atoms with E-state index >= 15 is 0 Å². The second-order valence-electron chi connectivity index (χ2n) is 2.89. The van der Waals surface area contributed by atoms with Crippen molar-refractivity contribution in [3.05, 3.63) is 11.8 Å². The maximum Gasteiger partial charge on any atom is 0.342 e. The van der Waals surface area contributed by atoms with Crippen molar-refractivity contribution in [1.82, 2.24) is 9.78 Å². The SMILES string of the molecule is Cn1ncc(C(=O)OCCO)c1S(N)(=O)=O. The van der Waals surface area contributed by atoms with Crippen LogP contribution in [-0.4, -0.2) is 42.5 Å². The number of aliphatic hydroxyl groups is 1. The zero-order valence-electron chi connectivity index (χ0n) is 8.45. The van der Waals surface area contributed by atoms with E-state index in [9.17, 15) is 13.2 Å². The van der Waals surface area contributed by atoms with Gasteiger partial charge in [-0.15, -0.1) is 0 Å². The topological polar surface area (TPSA) is 125 Å². The second-order valence-corrected chi connectivity index (χ2v) is 4.37. The Hall–Kier alpha value is -1.45. The van der Waals surface area contributed by atoms with E-state index in [2.05, 4.69) is 9.84 Å². The summed E-state index contributed by atoms with van der Waals surface area (Å²) in [5, 5.41) is 16.6. The molecule has 0 unspecified atom stereocenters. The Kier molecular flexibility index (Phi) is 3.62. The molecule has 1 aromatic heterocycles. The lowest BCUT2D eigenvalue weighted by Crippen LogP contribution is -2.20. The van der Waals surface area contributed by atoms with Crippen LogP contribution in [-0.2, 0) is 21.8 Å². The molecule has 0 atom stereocenters. The van der Waals surface area contributed by atoms with Crippen LogP contribution in [0.1, 0.15) is 10.4 Å². The molecular formula is C7H11N3O5S. The molecule has 0 fully saturated rings. The first-order valence-electron chi connectivity index (χ1n) is 4.20. The van der Waals surface area contributed by atoms with Gasteiger partial charge >= 0.3 is 5.97 Å². The van der Waals surface area contributed by atoms with Gasteiger partial charge in [-0.05, 0) is 0 Å². The molecule has 0 radical (unpaired) electrons. The average Bonchev–Trinajstić information content (AvgIpc) is 2.56. The summed E-state index contributed by atoms with van der Waals surface area (Å²) in [5.74, 6) is -0.897. The molecule has 0 aliphatic heterocycles. The number of sulfonamides is 1. The van der Waals surface area contributed by atoms with Crippen molar-refractivity contribution in [2.24, 2.45) is 12.2 Å². The molecule has 0 aliphatic carbocycles. The second kappa shape index (κ2) is 4.60. The number of carbonyl (C=O) groups is 1. The van der Waals surface area contributed by atoms with Gasteiger partial charge in [0.15, 0.2) is 5.03 Å². The van der Waals surface area contributed by atoms with Crippen LogP contribution in [0.15, 0.2) is 11.2 Å². The van der Waals surface area contributed by atoms with Gasteiger partial charge in [-0.2, -0.15) is 5.10 Å². The van der Waals surface area contributed by atoms with Gasteiger partial charge in [-0.25, -0.2) is 18.4 Å². The highest BCUT2D eigenvalue weighted by atomic mass is 32.2. The van der Waals surface area contributed by atoms with Crippen LogP contribution in [0.25, 0.3) is 0 Å². The summed E-state index contributed by atoms with van der Waals surface area (Å²) >= 11 is 0. The van der Waals surface area contributed by atoms with Crippen LogP contribution in [0.3, 0.4) is 0 Å². The van der Waals surface area contributed by atoms with Crippen LogP contribution in [0.5, 0.6) is 0 Å². The average molecular weight is 249 g/mol. The number of hydrogen-bond donors (Lipinski definition) is 2. The minimum absolute atomic E-state index is 0.224. The van der Waals surface area contributed by atoms with Gasteiger partial charge in [0.1, 0.15) is 12.2 Å². The predicted octanol–water partition coefficient (Wildman–Crippen LogP) is -1.78. The molecule has 1 aromatic rings. The molecule has 8 nitrogen and oxygen atoms in total. The van der Waals surface area contributed by atoms with E-state index in [4.69, 9.17) is 10.2 Å². The lowest BCUT2D eigenvalue weighted by molar-refractivity contribution is 0.0429. The summed E-state index contributed by atoms with van der Waals surface area (Å²) in [5.41, 5.74) is -0.251. The highest BCUT2D eigenvalue weighted by Gasteiger charge is 2.25. The van der Waals surface area contributed by atoms with Gasteiger partial charge in [0.25, 0.3) is 10.0 Å². The van der Waals surface area contributed by atoms with Crippen LogP contribution < -0.4 is 5.14 Å². The molecule has 16 heavy (non-hydrogen) atoms. The Morgan fingerprint density at radius 3 is 2.81 bits per heavy atom. The fourth-order valence-corrected chi connectivity index (χ4v) is 1.98. The third-order valence-corrected chi connectivity index (χ3v) is 2.72. The quantitative estimate of drug-likeness (QED) is 0.607. The molecule has 0 saturated carbocycles. The summed E-state index contributed by atoms with van der Waals surface area (Å²) in [6, 6.07) is 0. The monoisotopic (exact) mass is 249 g/mol. The first kappa shape index (κ1) is 12.6. The van der Waals surface area contributed by atoms with Crippen molar-refractivity contribution in [1.29, 1.82) is 0 Å².